The van der Waals surface area contributed by atoms with Crippen LogP contribution in [0.5, 0.6) is 5.75 Å². The van der Waals surface area contributed by atoms with Crippen LogP contribution >= 0.6 is 0 Å². The van der Waals surface area contributed by atoms with Gasteiger partial charge in [0.05, 0.1) is 0 Å². The van der Waals surface area contributed by atoms with E-state index < -0.39 is 12.1 Å². The third-order valence-electron chi connectivity index (χ3n) is 3.03. The van der Waals surface area contributed by atoms with E-state index in [1.807, 2.05) is 43.3 Å². The number of carbonyl (C=O) groups is 1. The van der Waals surface area contributed by atoms with Crippen LogP contribution in [0.2, 0.25) is 0 Å². The number of aryl methyl sites for hydroxylation is 1. The fourth-order valence-corrected chi connectivity index (χ4v) is 1.76. The van der Waals surface area contributed by atoms with E-state index in [1.54, 1.807) is 25.1 Å². The molecule has 0 aromatic heterocycles. The number of amidine groups is 1. The third kappa shape index (κ3) is 4.09. The topological polar surface area (TPSA) is 73.9 Å². The molecule has 0 aliphatic carbocycles. The molecular weight excluding hydrogens is 280 g/mol. The summed E-state index contributed by atoms with van der Waals surface area (Å²) in [6, 6.07) is 16.5. The predicted molar refractivity (Wildman–Crippen MR) is 84.5 cm³/mol. The van der Waals surface area contributed by atoms with Gasteiger partial charge in [0.15, 0.2) is 11.9 Å². The van der Waals surface area contributed by atoms with Crippen LogP contribution in [-0.2, 0) is 9.63 Å². The second-order valence-electron chi connectivity index (χ2n) is 4.78. The van der Waals surface area contributed by atoms with Crippen molar-refractivity contribution < 1.29 is 14.4 Å². The summed E-state index contributed by atoms with van der Waals surface area (Å²) < 4.78 is 5.56. The lowest BCUT2D eigenvalue weighted by molar-refractivity contribution is -0.151. The summed E-state index contributed by atoms with van der Waals surface area (Å²) in [5, 5.41) is 3.64. The molecule has 2 aromatic carbocycles. The van der Waals surface area contributed by atoms with Crippen molar-refractivity contribution >= 4 is 11.8 Å². The Hall–Kier alpha value is -2.82. The van der Waals surface area contributed by atoms with Crippen molar-refractivity contribution in [2.45, 2.75) is 20.0 Å². The molecule has 0 aliphatic heterocycles. The molecule has 0 heterocycles. The zero-order valence-corrected chi connectivity index (χ0v) is 12.5. The van der Waals surface area contributed by atoms with Crippen LogP contribution in [0.3, 0.4) is 0 Å². The number of para-hydroxylation sites is 1. The fraction of sp³-hybridized carbons (Fsp3) is 0.176. The molecule has 114 valence electrons. The largest absolute Gasteiger partial charge is 0.479 e. The SMILES string of the molecule is Cc1ccccc1O[C@@H](C)C(=O)O/N=C(/N)c1ccccc1. The van der Waals surface area contributed by atoms with E-state index in [2.05, 4.69) is 5.16 Å². The molecule has 5 heteroatoms. The van der Waals surface area contributed by atoms with E-state index in [0.717, 1.165) is 5.56 Å². The molecule has 1 atom stereocenters. The molecule has 0 saturated heterocycles. The van der Waals surface area contributed by atoms with E-state index in [-0.39, 0.29) is 5.84 Å². The maximum atomic E-state index is 11.9. The van der Waals surface area contributed by atoms with Gasteiger partial charge in [-0.2, -0.15) is 0 Å². The number of nitrogens with two attached hydrogens (primary N) is 1. The van der Waals surface area contributed by atoms with Gasteiger partial charge >= 0.3 is 5.97 Å². The Labute approximate surface area is 129 Å². The van der Waals surface area contributed by atoms with Crippen molar-refractivity contribution in [2.24, 2.45) is 10.9 Å². The summed E-state index contributed by atoms with van der Waals surface area (Å²) in [5.41, 5.74) is 7.37. The summed E-state index contributed by atoms with van der Waals surface area (Å²) >= 11 is 0. The number of benzene rings is 2. The Morgan fingerprint density at radius 1 is 1.09 bits per heavy atom. The number of hydrogen-bond donors (Lipinski definition) is 1. The van der Waals surface area contributed by atoms with Gasteiger partial charge in [-0.1, -0.05) is 53.7 Å². The van der Waals surface area contributed by atoms with Crippen LogP contribution in [0.4, 0.5) is 0 Å². The molecule has 0 unspecified atom stereocenters. The van der Waals surface area contributed by atoms with Crippen LogP contribution in [0, 0.1) is 6.92 Å². The summed E-state index contributed by atoms with van der Waals surface area (Å²) in [7, 11) is 0. The molecule has 0 amide bonds. The second-order valence-corrected chi connectivity index (χ2v) is 4.78. The van der Waals surface area contributed by atoms with Gasteiger partial charge in [0.1, 0.15) is 5.75 Å². The van der Waals surface area contributed by atoms with Gasteiger partial charge in [0.25, 0.3) is 0 Å². The first-order valence-electron chi connectivity index (χ1n) is 6.90. The van der Waals surface area contributed by atoms with E-state index in [4.69, 9.17) is 15.3 Å². The molecule has 0 aliphatic rings. The highest BCUT2D eigenvalue weighted by molar-refractivity contribution is 5.97. The molecule has 0 radical (unpaired) electrons. The van der Waals surface area contributed by atoms with Crippen LogP contribution in [0.1, 0.15) is 18.1 Å². The molecule has 0 bridgehead atoms. The normalized spacial score (nSPS) is 12.5. The minimum atomic E-state index is -0.784. The van der Waals surface area contributed by atoms with E-state index in [1.165, 1.54) is 0 Å². The molecule has 0 fully saturated rings. The molecule has 22 heavy (non-hydrogen) atoms. The lowest BCUT2D eigenvalue weighted by Gasteiger charge is -2.13. The average molecular weight is 298 g/mol. The number of rotatable bonds is 5. The van der Waals surface area contributed by atoms with Gasteiger partial charge in [0.2, 0.25) is 0 Å². The molecule has 2 aromatic rings. The monoisotopic (exact) mass is 298 g/mol. The van der Waals surface area contributed by atoms with E-state index in [0.29, 0.717) is 11.3 Å². The average Bonchev–Trinajstić information content (AvgIpc) is 2.55. The van der Waals surface area contributed by atoms with Crippen molar-refractivity contribution in [3.05, 3.63) is 65.7 Å². The van der Waals surface area contributed by atoms with Crippen molar-refractivity contribution in [1.82, 2.24) is 0 Å². The highest BCUT2D eigenvalue weighted by Gasteiger charge is 2.17. The summed E-state index contributed by atoms with van der Waals surface area (Å²) in [6.45, 7) is 3.50. The predicted octanol–water partition coefficient (Wildman–Crippen LogP) is 2.63. The van der Waals surface area contributed by atoms with E-state index in [9.17, 15) is 4.79 Å². The molecular formula is C17H18N2O3. The number of nitrogens with zero attached hydrogens (tertiary/aromatic N) is 1. The maximum Gasteiger partial charge on any atom is 0.374 e. The molecule has 2 rings (SSSR count). The van der Waals surface area contributed by atoms with Gasteiger partial charge in [-0.25, -0.2) is 4.79 Å². The molecule has 5 nitrogen and oxygen atoms in total. The summed E-state index contributed by atoms with van der Waals surface area (Å²) in [5.74, 6) is 0.158. The molecule has 0 saturated carbocycles. The minimum absolute atomic E-state index is 0.136. The highest BCUT2D eigenvalue weighted by Crippen LogP contribution is 2.18. The number of oxime groups is 1. The lowest BCUT2D eigenvalue weighted by Crippen LogP contribution is -2.26. The Kier molecular flexibility index (Phi) is 5.14. The van der Waals surface area contributed by atoms with Gasteiger partial charge in [-0.05, 0) is 25.5 Å². The van der Waals surface area contributed by atoms with Crippen LogP contribution in [-0.4, -0.2) is 17.9 Å². The van der Waals surface area contributed by atoms with Crippen molar-refractivity contribution in [1.29, 1.82) is 0 Å². The first kappa shape index (κ1) is 15.6. The maximum absolute atomic E-state index is 11.9. The number of hydrogen-bond acceptors (Lipinski definition) is 4. The zero-order valence-electron chi connectivity index (χ0n) is 12.5. The van der Waals surface area contributed by atoms with Gasteiger partial charge < -0.3 is 15.3 Å². The van der Waals surface area contributed by atoms with Crippen LogP contribution in [0.25, 0.3) is 0 Å². The Balaban J connectivity index is 1.96. The fourth-order valence-electron chi connectivity index (χ4n) is 1.76. The smallest absolute Gasteiger partial charge is 0.374 e. The first-order valence-corrected chi connectivity index (χ1v) is 6.90. The minimum Gasteiger partial charge on any atom is -0.479 e. The number of ether oxygens (including phenoxy) is 1. The van der Waals surface area contributed by atoms with Crippen LogP contribution in [0.15, 0.2) is 59.8 Å². The van der Waals surface area contributed by atoms with E-state index >= 15 is 0 Å². The quantitative estimate of drug-likeness (QED) is 0.398. The standard InChI is InChI=1S/C17H18N2O3/c1-12-8-6-7-11-15(12)21-13(2)17(20)22-19-16(18)14-9-4-3-5-10-14/h3-11,13H,1-2H3,(H2,18,19)/t13-/m0/s1. The van der Waals surface area contributed by atoms with Crippen molar-refractivity contribution in [3.8, 4) is 5.75 Å². The zero-order chi connectivity index (χ0) is 15.9. The highest BCUT2D eigenvalue weighted by atomic mass is 16.7. The van der Waals surface area contributed by atoms with Crippen molar-refractivity contribution in [3.63, 3.8) is 0 Å². The molecule has 2 N–H and O–H groups in total. The summed E-state index contributed by atoms with van der Waals surface area (Å²) in [4.78, 5) is 16.7. The number of carbonyl (C=O) groups excluding carboxylic acids is 1. The van der Waals surface area contributed by atoms with Gasteiger partial charge in [-0.3, -0.25) is 0 Å². The second kappa shape index (κ2) is 7.26. The van der Waals surface area contributed by atoms with Crippen LogP contribution < -0.4 is 10.5 Å². The first-order chi connectivity index (χ1) is 10.6. The Bertz CT molecular complexity index is 669. The summed E-state index contributed by atoms with van der Waals surface area (Å²) in [6.07, 6.45) is -0.784. The lowest BCUT2D eigenvalue weighted by atomic mass is 10.2. The third-order valence-corrected chi connectivity index (χ3v) is 3.03. The Morgan fingerprint density at radius 2 is 1.73 bits per heavy atom. The molecule has 0 spiro atoms. The Morgan fingerprint density at radius 3 is 2.41 bits per heavy atom. The van der Waals surface area contributed by atoms with Crippen molar-refractivity contribution in [2.75, 3.05) is 0 Å². The van der Waals surface area contributed by atoms with Gasteiger partial charge in [0, 0.05) is 5.56 Å². The van der Waals surface area contributed by atoms with Gasteiger partial charge in [-0.15, -0.1) is 0 Å².